The van der Waals surface area contributed by atoms with E-state index in [-0.39, 0.29) is 12.3 Å². The van der Waals surface area contributed by atoms with E-state index in [4.69, 9.17) is 10.2 Å². The van der Waals surface area contributed by atoms with Crippen molar-refractivity contribution < 1.29 is 19.8 Å². The second-order valence-corrected chi connectivity index (χ2v) is 2.48. The van der Waals surface area contributed by atoms with Crippen LogP contribution in [0.1, 0.15) is 20.3 Å². The minimum absolute atomic E-state index is 0.205. The molecule has 70 valence electrons. The van der Waals surface area contributed by atoms with E-state index < -0.39 is 18.1 Å². The third-order valence-corrected chi connectivity index (χ3v) is 1.39. The van der Waals surface area contributed by atoms with Crippen LogP contribution in [0.2, 0.25) is 0 Å². The number of hydrogen-bond donors (Lipinski definition) is 3. The third kappa shape index (κ3) is 3.34. The average Bonchev–Trinajstić information content (AvgIpc) is 1.98. The van der Waals surface area contributed by atoms with Gasteiger partial charge in [-0.3, -0.25) is 4.79 Å². The number of carboxylic acids is 1. The highest BCUT2D eigenvalue weighted by Crippen LogP contribution is 1.93. The molecule has 0 aliphatic heterocycles. The minimum atomic E-state index is -1.23. The molecule has 0 aromatic rings. The van der Waals surface area contributed by atoms with Gasteiger partial charge in [0.2, 0.25) is 5.91 Å². The van der Waals surface area contributed by atoms with Gasteiger partial charge in [-0.05, 0) is 6.92 Å². The molecule has 12 heavy (non-hydrogen) atoms. The Morgan fingerprint density at radius 3 is 2.25 bits per heavy atom. The van der Waals surface area contributed by atoms with Gasteiger partial charge in [0.15, 0.2) is 6.04 Å². The first-order valence-corrected chi connectivity index (χ1v) is 3.69. The summed E-state index contributed by atoms with van der Waals surface area (Å²) in [7, 11) is 0. The molecule has 0 spiro atoms. The number of nitrogens with one attached hydrogen (secondary N) is 1. The summed E-state index contributed by atoms with van der Waals surface area (Å²) in [4.78, 5) is 21.2. The van der Waals surface area contributed by atoms with Crippen LogP contribution >= 0.6 is 0 Å². The van der Waals surface area contributed by atoms with Crippen LogP contribution in [0, 0.1) is 0 Å². The molecule has 5 nitrogen and oxygen atoms in total. The second kappa shape index (κ2) is 4.71. The fourth-order valence-electron chi connectivity index (χ4n) is 0.664. The monoisotopic (exact) mass is 175 g/mol. The number of hydrogen-bond acceptors (Lipinski definition) is 3. The average molecular weight is 175 g/mol. The van der Waals surface area contributed by atoms with Gasteiger partial charge >= 0.3 is 5.97 Å². The zero-order valence-corrected chi connectivity index (χ0v) is 7.07. The number of amides is 1. The Hall–Kier alpha value is -1.10. The van der Waals surface area contributed by atoms with Crippen LogP contribution in [-0.4, -0.2) is 34.2 Å². The lowest BCUT2D eigenvalue weighted by Gasteiger charge is -2.16. The molecule has 1 amide bonds. The van der Waals surface area contributed by atoms with E-state index in [1.165, 1.54) is 6.92 Å². The Balaban J connectivity index is 4.14. The molecule has 0 bridgehead atoms. The van der Waals surface area contributed by atoms with Crippen molar-refractivity contribution in [1.29, 1.82) is 0 Å². The van der Waals surface area contributed by atoms with E-state index in [2.05, 4.69) is 5.32 Å². The predicted octanol–water partition coefficient (Wildman–Crippen LogP) is -0.653. The van der Waals surface area contributed by atoms with Crippen LogP contribution in [0.3, 0.4) is 0 Å². The molecule has 5 heteroatoms. The Bertz CT molecular complexity index is 178. The molecule has 0 aliphatic carbocycles. The Morgan fingerprint density at radius 1 is 1.50 bits per heavy atom. The zero-order chi connectivity index (χ0) is 9.72. The lowest BCUT2D eigenvalue weighted by atomic mass is 10.2. The van der Waals surface area contributed by atoms with Gasteiger partial charge in [0, 0.05) is 6.42 Å². The first-order chi connectivity index (χ1) is 5.49. The number of aliphatic hydroxyl groups excluding tert-OH is 1. The molecule has 0 rings (SSSR count). The maximum Gasteiger partial charge on any atom is 0.328 e. The van der Waals surface area contributed by atoms with Crippen molar-refractivity contribution in [3.63, 3.8) is 0 Å². The topological polar surface area (TPSA) is 86.6 Å². The van der Waals surface area contributed by atoms with E-state index in [9.17, 15) is 9.59 Å². The van der Waals surface area contributed by atoms with E-state index in [1.54, 1.807) is 6.92 Å². The summed E-state index contributed by atoms with van der Waals surface area (Å²) >= 11 is 0. The summed E-state index contributed by atoms with van der Waals surface area (Å²) in [5.74, 6) is -1.62. The summed E-state index contributed by atoms with van der Waals surface area (Å²) in [5, 5.41) is 19.6. The quantitative estimate of drug-likeness (QED) is 0.529. The molecular formula is C7H13NO4. The van der Waals surface area contributed by atoms with Gasteiger partial charge in [-0.25, -0.2) is 4.79 Å². The molecule has 2 atom stereocenters. The van der Waals surface area contributed by atoms with Gasteiger partial charge in [-0.2, -0.15) is 0 Å². The summed E-state index contributed by atoms with van der Waals surface area (Å²) in [6.07, 6.45) is -0.880. The highest BCUT2D eigenvalue weighted by molar-refractivity contribution is 5.83. The Kier molecular flexibility index (Phi) is 4.28. The summed E-state index contributed by atoms with van der Waals surface area (Å²) in [6, 6.07) is -1.21. The first kappa shape index (κ1) is 10.9. The molecule has 0 aromatic carbocycles. The van der Waals surface area contributed by atoms with Gasteiger partial charge < -0.3 is 15.5 Å². The highest BCUT2D eigenvalue weighted by Gasteiger charge is 2.23. The molecule has 0 aromatic heterocycles. The van der Waals surface area contributed by atoms with Gasteiger partial charge in [0.25, 0.3) is 0 Å². The van der Waals surface area contributed by atoms with Crippen molar-refractivity contribution >= 4 is 11.9 Å². The fraction of sp³-hybridized carbons (Fsp3) is 0.714. The smallest absolute Gasteiger partial charge is 0.328 e. The lowest BCUT2D eigenvalue weighted by Crippen LogP contribution is -2.47. The molecule has 0 unspecified atom stereocenters. The van der Waals surface area contributed by atoms with E-state index >= 15 is 0 Å². The summed E-state index contributed by atoms with van der Waals surface area (Å²) < 4.78 is 0. The van der Waals surface area contributed by atoms with E-state index in [0.717, 1.165) is 0 Å². The fourth-order valence-corrected chi connectivity index (χ4v) is 0.664. The molecule has 0 saturated heterocycles. The van der Waals surface area contributed by atoms with Crippen LogP contribution < -0.4 is 5.32 Å². The minimum Gasteiger partial charge on any atom is -0.480 e. The van der Waals surface area contributed by atoms with Gasteiger partial charge in [0.05, 0.1) is 6.10 Å². The van der Waals surface area contributed by atoms with E-state index in [0.29, 0.717) is 0 Å². The molecule has 0 radical (unpaired) electrons. The molecule has 0 saturated carbocycles. The molecule has 3 N–H and O–H groups in total. The number of aliphatic hydroxyl groups is 1. The predicted molar refractivity (Wildman–Crippen MR) is 41.5 cm³/mol. The molecule has 0 heterocycles. The normalized spacial score (nSPS) is 14.9. The number of aliphatic carboxylic acids is 1. The van der Waals surface area contributed by atoms with Crippen molar-refractivity contribution in [3.8, 4) is 0 Å². The maximum atomic E-state index is 10.7. The van der Waals surface area contributed by atoms with Crippen LogP contribution in [0.25, 0.3) is 0 Å². The first-order valence-electron chi connectivity index (χ1n) is 3.69. The van der Waals surface area contributed by atoms with E-state index in [1.807, 2.05) is 0 Å². The highest BCUT2D eigenvalue weighted by atomic mass is 16.4. The van der Waals surface area contributed by atoms with Crippen molar-refractivity contribution in [2.45, 2.75) is 32.4 Å². The van der Waals surface area contributed by atoms with Crippen molar-refractivity contribution in [3.05, 3.63) is 0 Å². The van der Waals surface area contributed by atoms with Crippen LogP contribution in [-0.2, 0) is 9.59 Å². The maximum absolute atomic E-state index is 10.7. The Morgan fingerprint density at radius 2 is 2.00 bits per heavy atom. The third-order valence-electron chi connectivity index (χ3n) is 1.39. The SMILES string of the molecule is CCC(=O)N[C@H](C(=O)O)[C@@H](C)O. The lowest BCUT2D eigenvalue weighted by molar-refractivity contribution is -0.144. The van der Waals surface area contributed by atoms with Crippen LogP contribution in [0.5, 0.6) is 0 Å². The summed E-state index contributed by atoms with van der Waals surface area (Å²) in [5.41, 5.74) is 0. The van der Waals surface area contributed by atoms with Gasteiger partial charge in [0.1, 0.15) is 0 Å². The number of rotatable bonds is 4. The zero-order valence-electron chi connectivity index (χ0n) is 7.07. The molecule has 0 fully saturated rings. The largest absolute Gasteiger partial charge is 0.480 e. The van der Waals surface area contributed by atoms with Gasteiger partial charge in [-0.15, -0.1) is 0 Å². The van der Waals surface area contributed by atoms with Crippen LogP contribution in [0.4, 0.5) is 0 Å². The second-order valence-electron chi connectivity index (χ2n) is 2.48. The number of carbonyl (C=O) groups is 2. The summed E-state index contributed by atoms with van der Waals surface area (Å²) in [6.45, 7) is 2.92. The molecule has 0 aliphatic rings. The Labute approximate surface area is 70.4 Å². The number of carboxylic acid groups (broad SMARTS) is 1. The standard InChI is InChI=1S/C7H13NO4/c1-3-5(10)8-6(4(2)9)7(11)12/h4,6,9H,3H2,1-2H3,(H,8,10)(H,11,12)/t4-,6+/m1/s1. The van der Waals surface area contributed by atoms with Crippen molar-refractivity contribution in [1.82, 2.24) is 5.32 Å². The number of carbonyl (C=O) groups excluding carboxylic acids is 1. The van der Waals surface area contributed by atoms with Crippen molar-refractivity contribution in [2.24, 2.45) is 0 Å². The van der Waals surface area contributed by atoms with Crippen molar-refractivity contribution in [2.75, 3.05) is 0 Å². The van der Waals surface area contributed by atoms with Crippen LogP contribution in [0.15, 0.2) is 0 Å². The van der Waals surface area contributed by atoms with Gasteiger partial charge in [-0.1, -0.05) is 6.92 Å². The molecular weight excluding hydrogens is 162 g/mol.